The molecule has 0 aromatic heterocycles. The SMILES string of the molecule is COCCOc1ccc(NCC(=O)Nc2ccc(C)c(C)c2)cc1. The van der Waals surface area contributed by atoms with Crippen LogP contribution in [0.15, 0.2) is 42.5 Å². The van der Waals surface area contributed by atoms with Crippen LogP contribution in [0.1, 0.15) is 11.1 Å². The molecule has 0 radical (unpaired) electrons. The van der Waals surface area contributed by atoms with Crippen molar-refractivity contribution >= 4 is 17.3 Å². The minimum atomic E-state index is -0.0846. The predicted octanol–water partition coefficient (Wildman–Crippen LogP) is 3.38. The van der Waals surface area contributed by atoms with Crippen LogP contribution in [-0.2, 0) is 9.53 Å². The summed E-state index contributed by atoms with van der Waals surface area (Å²) >= 11 is 0. The molecule has 0 fully saturated rings. The Morgan fingerprint density at radius 2 is 1.67 bits per heavy atom. The number of rotatable bonds is 8. The molecule has 0 spiro atoms. The Hall–Kier alpha value is -2.53. The van der Waals surface area contributed by atoms with E-state index in [1.165, 1.54) is 5.56 Å². The van der Waals surface area contributed by atoms with Crippen molar-refractivity contribution in [1.29, 1.82) is 0 Å². The Balaban J connectivity index is 1.79. The minimum absolute atomic E-state index is 0.0846. The molecule has 5 nitrogen and oxygen atoms in total. The van der Waals surface area contributed by atoms with E-state index in [2.05, 4.69) is 10.6 Å². The number of nitrogens with one attached hydrogen (secondary N) is 2. The minimum Gasteiger partial charge on any atom is -0.491 e. The molecular formula is C19H24N2O3. The summed E-state index contributed by atoms with van der Waals surface area (Å²) in [5.41, 5.74) is 4.04. The molecule has 5 heteroatoms. The Kier molecular flexibility index (Phi) is 6.63. The van der Waals surface area contributed by atoms with E-state index in [0.29, 0.717) is 13.2 Å². The van der Waals surface area contributed by atoms with Gasteiger partial charge >= 0.3 is 0 Å². The van der Waals surface area contributed by atoms with E-state index >= 15 is 0 Å². The maximum absolute atomic E-state index is 12.0. The summed E-state index contributed by atoms with van der Waals surface area (Å²) in [5, 5.41) is 5.98. The summed E-state index contributed by atoms with van der Waals surface area (Å²) < 4.78 is 10.4. The molecule has 0 atom stereocenters. The van der Waals surface area contributed by atoms with Gasteiger partial charge in [-0.25, -0.2) is 0 Å². The fourth-order valence-electron chi connectivity index (χ4n) is 2.12. The van der Waals surface area contributed by atoms with Gasteiger partial charge in [0.25, 0.3) is 0 Å². The molecule has 0 saturated carbocycles. The standard InChI is InChI=1S/C19H24N2O3/c1-14-4-5-17(12-15(14)2)21-19(22)13-20-16-6-8-18(9-7-16)24-11-10-23-3/h4-9,12,20H,10-11,13H2,1-3H3,(H,21,22). The topological polar surface area (TPSA) is 59.6 Å². The zero-order valence-electron chi connectivity index (χ0n) is 14.4. The summed E-state index contributed by atoms with van der Waals surface area (Å²) in [6.45, 7) is 5.35. The maximum Gasteiger partial charge on any atom is 0.243 e. The van der Waals surface area contributed by atoms with Gasteiger partial charge in [-0.2, -0.15) is 0 Å². The van der Waals surface area contributed by atoms with Crippen molar-refractivity contribution in [2.45, 2.75) is 13.8 Å². The summed E-state index contributed by atoms with van der Waals surface area (Å²) in [5.74, 6) is 0.691. The quantitative estimate of drug-likeness (QED) is 0.729. The van der Waals surface area contributed by atoms with Gasteiger partial charge in [-0.15, -0.1) is 0 Å². The van der Waals surface area contributed by atoms with Crippen molar-refractivity contribution in [3.8, 4) is 5.75 Å². The van der Waals surface area contributed by atoms with Crippen molar-refractivity contribution in [2.24, 2.45) is 0 Å². The second kappa shape index (κ2) is 8.93. The van der Waals surface area contributed by atoms with Gasteiger partial charge in [0.15, 0.2) is 0 Å². The van der Waals surface area contributed by atoms with Crippen LogP contribution in [0.5, 0.6) is 5.75 Å². The number of amides is 1. The number of aryl methyl sites for hydroxylation is 2. The third-order valence-corrected chi connectivity index (χ3v) is 3.65. The first-order valence-electron chi connectivity index (χ1n) is 7.91. The van der Waals surface area contributed by atoms with Gasteiger partial charge in [0.2, 0.25) is 5.91 Å². The summed E-state index contributed by atoms with van der Waals surface area (Å²) in [6.07, 6.45) is 0. The number of anilines is 2. The Labute approximate surface area is 143 Å². The van der Waals surface area contributed by atoms with E-state index in [1.807, 2.05) is 56.3 Å². The molecule has 2 rings (SSSR count). The van der Waals surface area contributed by atoms with E-state index in [-0.39, 0.29) is 12.5 Å². The molecule has 1 amide bonds. The summed E-state index contributed by atoms with van der Waals surface area (Å²) in [7, 11) is 1.64. The number of methoxy groups -OCH3 is 1. The molecular weight excluding hydrogens is 304 g/mol. The molecule has 2 aromatic carbocycles. The molecule has 0 heterocycles. The van der Waals surface area contributed by atoms with Crippen LogP contribution >= 0.6 is 0 Å². The number of carbonyl (C=O) groups excluding carboxylic acids is 1. The molecule has 0 aliphatic rings. The maximum atomic E-state index is 12.0. The molecule has 2 N–H and O–H groups in total. The molecule has 0 aliphatic carbocycles. The number of hydrogen-bond donors (Lipinski definition) is 2. The van der Waals surface area contributed by atoms with E-state index < -0.39 is 0 Å². The van der Waals surface area contributed by atoms with Gasteiger partial charge in [-0.1, -0.05) is 6.07 Å². The van der Waals surface area contributed by atoms with Crippen molar-refractivity contribution in [3.05, 3.63) is 53.6 Å². The third kappa shape index (κ3) is 5.59. The molecule has 2 aromatic rings. The first-order chi connectivity index (χ1) is 11.6. The van der Waals surface area contributed by atoms with Crippen LogP contribution in [0, 0.1) is 13.8 Å². The van der Waals surface area contributed by atoms with Crippen LogP contribution in [0.25, 0.3) is 0 Å². The van der Waals surface area contributed by atoms with Crippen LogP contribution < -0.4 is 15.4 Å². The normalized spacial score (nSPS) is 10.3. The van der Waals surface area contributed by atoms with Crippen LogP contribution in [-0.4, -0.2) is 32.8 Å². The lowest BCUT2D eigenvalue weighted by atomic mass is 10.1. The van der Waals surface area contributed by atoms with Crippen LogP contribution in [0.3, 0.4) is 0 Å². The van der Waals surface area contributed by atoms with Gasteiger partial charge in [0, 0.05) is 18.5 Å². The fraction of sp³-hybridized carbons (Fsp3) is 0.316. The lowest BCUT2D eigenvalue weighted by Crippen LogP contribution is -2.21. The number of hydrogen-bond acceptors (Lipinski definition) is 4. The lowest BCUT2D eigenvalue weighted by Gasteiger charge is -2.10. The van der Waals surface area contributed by atoms with Crippen molar-refractivity contribution in [2.75, 3.05) is 37.5 Å². The lowest BCUT2D eigenvalue weighted by molar-refractivity contribution is -0.114. The van der Waals surface area contributed by atoms with E-state index in [1.54, 1.807) is 7.11 Å². The molecule has 0 unspecified atom stereocenters. The van der Waals surface area contributed by atoms with Gasteiger partial charge in [-0.3, -0.25) is 4.79 Å². The first-order valence-corrected chi connectivity index (χ1v) is 7.91. The van der Waals surface area contributed by atoms with E-state index in [4.69, 9.17) is 9.47 Å². The Morgan fingerprint density at radius 3 is 2.33 bits per heavy atom. The molecule has 0 saturated heterocycles. The third-order valence-electron chi connectivity index (χ3n) is 3.65. The number of ether oxygens (including phenoxy) is 2. The van der Waals surface area contributed by atoms with Crippen molar-refractivity contribution in [3.63, 3.8) is 0 Å². The number of benzene rings is 2. The van der Waals surface area contributed by atoms with E-state index in [9.17, 15) is 4.79 Å². The average molecular weight is 328 g/mol. The predicted molar refractivity (Wildman–Crippen MR) is 96.8 cm³/mol. The van der Waals surface area contributed by atoms with Gasteiger partial charge in [0.1, 0.15) is 12.4 Å². The summed E-state index contributed by atoms with van der Waals surface area (Å²) in [4.78, 5) is 12.0. The second-order valence-electron chi connectivity index (χ2n) is 5.57. The monoisotopic (exact) mass is 328 g/mol. The highest BCUT2D eigenvalue weighted by Gasteiger charge is 2.04. The summed E-state index contributed by atoms with van der Waals surface area (Å²) in [6, 6.07) is 13.4. The molecule has 128 valence electrons. The highest BCUT2D eigenvalue weighted by molar-refractivity contribution is 5.93. The van der Waals surface area contributed by atoms with Gasteiger partial charge in [0.05, 0.1) is 13.2 Å². The Morgan fingerprint density at radius 1 is 0.958 bits per heavy atom. The van der Waals surface area contributed by atoms with Crippen molar-refractivity contribution < 1.29 is 14.3 Å². The highest BCUT2D eigenvalue weighted by Crippen LogP contribution is 2.16. The van der Waals surface area contributed by atoms with Crippen molar-refractivity contribution in [1.82, 2.24) is 0 Å². The largest absolute Gasteiger partial charge is 0.491 e. The van der Waals surface area contributed by atoms with E-state index in [0.717, 1.165) is 22.7 Å². The second-order valence-corrected chi connectivity index (χ2v) is 5.57. The Bertz CT molecular complexity index is 669. The smallest absolute Gasteiger partial charge is 0.243 e. The van der Waals surface area contributed by atoms with Gasteiger partial charge < -0.3 is 20.1 Å². The molecule has 24 heavy (non-hydrogen) atoms. The zero-order valence-corrected chi connectivity index (χ0v) is 14.4. The molecule has 0 aliphatic heterocycles. The molecule has 0 bridgehead atoms. The van der Waals surface area contributed by atoms with Crippen LogP contribution in [0.2, 0.25) is 0 Å². The number of carbonyl (C=O) groups is 1. The average Bonchev–Trinajstić information content (AvgIpc) is 2.58. The fourth-order valence-corrected chi connectivity index (χ4v) is 2.12. The highest BCUT2D eigenvalue weighted by atomic mass is 16.5. The van der Waals surface area contributed by atoms with Gasteiger partial charge in [-0.05, 0) is 61.4 Å². The zero-order chi connectivity index (χ0) is 17.4. The first kappa shape index (κ1) is 17.8. The van der Waals surface area contributed by atoms with Crippen LogP contribution in [0.4, 0.5) is 11.4 Å².